The van der Waals surface area contributed by atoms with Crippen molar-refractivity contribution in [1.82, 2.24) is 4.72 Å². The number of amides is 1. The molecule has 0 aromatic heterocycles. The predicted molar refractivity (Wildman–Crippen MR) is 109 cm³/mol. The summed E-state index contributed by atoms with van der Waals surface area (Å²) in [6, 6.07) is 13.1. The van der Waals surface area contributed by atoms with E-state index in [2.05, 4.69) is 26.0 Å². The Kier molecular flexibility index (Phi) is 7.06. The Morgan fingerprint density at radius 2 is 1.86 bits per heavy atom. The van der Waals surface area contributed by atoms with Crippen LogP contribution in [-0.2, 0) is 19.6 Å². The molecule has 2 N–H and O–H groups in total. The average Bonchev–Trinajstić information content (AvgIpc) is 3.20. The third-order valence-corrected chi connectivity index (χ3v) is 6.13. The molecular formula is C19H21BrN2O5S. The predicted octanol–water partition coefficient (Wildman–Crippen LogP) is 2.92. The van der Waals surface area contributed by atoms with E-state index in [-0.39, 0.29) is 30.1 Å². The van der Waals surface area contributed by atoms with Crippen LogP contribution in [0.3, 0.4) is 0 Å². The summed E-state index contributed by atoms with van der Waals surface area (Å²) in [7, 11) is -3.61. The van der Waals surface area contributed by atoms with Crippen LogP contribution in [-0.4, -0.2) is 40.2 Å². The molecule has 1 heterocycles. The van der Waals surface area contributed by atoms with Crippen molar-refractivity contribution in [3.63, 3.8) is 0 Å². The van der Waals surface area contributed by atoms with Crippen LogP contribution in [0.5, 0.6) is 5.75 Å². The average molecular weight is 469 g/mol. The second kappa shape index (κ2) is 9.51. The fourth-order valence-electron chi connectivity index (χ4n) is 2.69. The quantitative estimate of drug-likeness (QED) is 0.620. The molecular weight excluding hydrogens is 448 g/mol. The van der Waals surface area contributed by atoms with Crippen molar-refractivity contribution in [2.24, 2.45) is 0 Å². The summed E-state index contributed by atoms with van der Waals surface area (Å²) in [6.07, 6.45) is 1.74. The molecule has 1 fully saturated rings. The lowest BCUT2D eigenvalue weighted by molar-refractivity contribution is -0.118. The molecule has 150 valence electrons. The molecule has 28 heavy (non-hydrogen) atoms. The first kappa shape index (κ1) is 20.8. The lowest BCUT2D eigenvalue weighted by Gasteiger charge is -2.12. The van der Waals surface area contributed by atoms with E-state index in [9.17, 15) is 13.2 Å². The smallest absolute Gasteiger partial charge is 0.262 e. The van der Waals surface area contributed by atoms with E-state index >= 15 is 0 Å². The molecule has 0 saturated carbocycles. The van der Waals surface area contributed by atoms with Crippen LogP contribution in [0.15, 0.2) is 57.9 Å². The Hall–Kier alpha value is -1.94. The highest BCUT2D eigenvalue weighted by molar-refractivity contribution is 9.10. The lowest BCUT2D eigenvalue weighted by atomic mass is 10.2. The van der Waals surface area contributed by atoms with Crippen molar-refractivity contribution in [3.8, 4) is 5.75 Å². The zero-order valence-electron chi connectivity index (χ0n) is 15.1. The molecule has 0 radical (unpaired) electrons. The van der Waals surface area contributed by atoms with Crippen LogP contribution in [0.2, 0.25) is 0 Å². The maximum absolute atomic E-state index is 12.3. The largest absolute Gasteiger partial charge is 0.484 e. The Balaban J connectivity index is 1.50. The number of anilines is 1. The highest BCUT2D eigenvalue weighted by Gasteiger charge is 2.20. The summed E-state index contributed by atoms with van der Waals surface area (Å²) < 4.78 is 39.0. The van der Waals surface area contributed by atoms with Crippen molar-refractivity contribution in [2.75, 3.05) is 25.1 Å². The van der Waals surface area contributed by atoms with Crippen LogP contribution in [0.25, 0.3) is 0 Å². The van der Waals surface area contributed by atoms with Gasteiger partial charge in [0.25, 0.3) is 5.91 Å². The van der Waals surface area contributed by atoms with Gasteiger partial charge >= 0.3 is 0 Å². The third-order valence-electron chi connectivity index (χ3n) is 4.16. The van der Waals surface area contributed by atoms with Crippen molar-refractivity contribution in [3.05, 3.63) is 53.0 Å². The number of carbonyl (C=O) groups is 1. The molecule has 9 heteroatoms. The van der Waals surface area contributed by atoms with Gasteiger partial charge in [-0.2, -0.15) is 0 Å². The molecule has 0 aliphatic carbocycles. The molecule has 1 atom stereocenters. The Bertz CT molecular complexity index is 895. The Morgan fingerprint density at radius 1 is 1.14 bits per heavy atom. The van der Waals surface area contributed by atoms with Crippen LogP contribution in [0.1, 0.15) is 12.8 Å². The minimum absolute atomic E-state index is 0.0703. The van der Waals surface area contributed by atoms with E-state index in [0.717, 1.165) is 17.3 Å². The second-order valence-electron chi connectivity index (χ2n) is 6.30. The molecule has 2 aromatic rings. The van der Waals surface area contributed by atoms with E-state index in [0.29, 0.717) is 18.0 Å². The van der Waals surface area contributed by atoms with Gasteiger partial charge in [0.05, 0.1) is 11.0 Å². The maximum Gasteiger partial charge on any atom is 0.262 e. The summed E-state index contributed by atoms with van der Waals surface area (Å²) in [5, 5.41) is 2.67. The van der Waals surface area contributed by atoms with Gasteiger partial charge in [0, 0.05) is 23.3 Å². The topological polar surface area (TPSA) is 93.7 Å². The zero-order valence-corrected chi connectivity index (χ0v) is 17.5. The molecule has 3 rings (SSSR count). The minimum atomic E-state index is -3.61. The van der Waals surface area contributed by atoms with Crippen LogP contribution >= 0.6 is 15.9 Å². The molecule has 1 aliphatic rings. The summed E-state index contributed by atoms with van der Waals surface area (Å²) in [5.41, 5.74) is 0.488. The highest BCUT2D eigenvalue weighted by Crippen LogP contribution is 2.17. The van der Waals surface area contributed by atoms with E-state index in [4.69, 9.17) is 9.47 Å². The molecule has 2 aromatic carbocycles. The first-order valence-electron chi connectivity index (χ1n) is 8.82. The van der Waals surface area contributed by atoms with Gasteiger partial charge < -0.3 is 14.8 Å². The number of hydrogen-bond acceptors (Lipinski definition) is 5. The SMILES string of the molecule is O=C(COc1ccc(Br)cc1)Nc1ccc(S(=O)(=O)NCC2CCCO2)cc1. The van der Waals surface area contributed by atoms with Crippen LogP contribution < -0.4 is 14.8 Å². The summed E-state index contributed by atoms with van der Waals surface area (Å²) in [4.78, 5) is 12.1. The summed E-state index contributed by atoms with van der Waals surface area (Å²) in [6.45, 7) is 0.783. The highest BCUT2D eigenvalue weighted by atomic mass is 79.9. The van der Waals surface area contributed by atoms with Gasteiger partial charge in [-0.15, -0.1) is 0 Å². The fourth-order valence-corrected chi connectivity index (χ4v) is 4.02. The second-order valence-corrected chi connectivity index (χ2v) is 8.98. The number of hydrogen-bond donors (Lipinski definition) is 2. The Morgan fingerprint density at radius 3 is 2.50 bits per heavy atom. The lowest BCUT2D eigenvalue weighted by Crippen LogP contribution is -2.31. The van der Waals surface area contributed by atoms with E-state index in [1.165, 1.54) is 24.3 Å². The van der Waals surface area contributed by atoms with Gasteiger partial charge in [-0.25, -0.2) is 13.1 Å². The number of rotatable bonds is 8. The van der Waals surface area contributed by atoms with Crippen molar-refractivity contribution >= 4 is 37.5 Å². The standard InChI is InChI=1S/C19H21BrN2O5S/c20-14-3-7-16(8-4-14)27-13-19(23)22-15-5-9-18(10-6-15)28(24,25)21-12-17-2-1-11-26-17/h3-10,17,21H,1-2,11-13H2,(H,22,23). The summed E-state index contributed by atoms with van der Waals surface area (Å²) in [5.74, 6) is 0.243. The number of nitrogens with one attached hydrogen (secondary N) is 2. The number of benzene rings is 2. The first-order chi connectivity index (χ1) is 13.4. The zero-order chi connectivity index (χ0) is 20.0. The van der Waals surface area contributed by atoms with Gasteiger partial charge in [0.2, 0.25) is 10.0 Å². The molecule has 1 aliphatic heterocycles. The van der Waals surface area contributed by atoms with Crippen molar-refractivity contribution in [2.45, 2.75) is 23.8 Å². The summed E-state index contributed by atoms with van der Waals surface area (Å²) >= 11 is 3.33. The van der Waals surface area contributed by atoms with Gasteiger partial charge in [-0.3, -0.25) is 4.79 Å². The van der Waals surface area contributed by atoms with Gasteiger partial charge in [-0.05, 0) is 61.4 Å². The molecule has 1 saturated heterocycles. The molecule has 1 unspecified atom stereocenters. The van der Waals surface area contributed by atoms with Gasteiger partial charge in [-0.1, -0.05) is 15.9 Å². The van der Waals surface area contributed by atoms with E-state index in [1.54, 1.807) is 12.1 Å². The minimum Gasteiger partial charge on any atom is -0.484 e. The Labute approximate surface area is 172 Å². The number of carbonyl (C=O) groups excluding carboxylic acids is 1. The van der Waals surface area contributed by atoms with Crippen molar-refractivity contribution < 1.29 is 22.7 Å². The number of ether oxygens (including phenoxy) is 2. The molecule has 7 nitrogen and oxygen atoms in total. The fraction of sp³-hybridized carbons (Fsp3) is 0.316. The van der Waals surface area contributed by atoms with E-state index < -0.39 is 10.0 Å². The van der Waals surface area contributed by atoms with Crippen molar-refractivity contribution in [1.29, 1.82) is 0 Å². The normalized spacial score (nSPS) is 16.7. The van der Waals surface area contributed by atoms with Gasteiger partial charge in [0.1, 0.15) is 5.75 Å². The third kappa shape index (κ3) is 6.03. The molecule has 1 amide bonds. The number of sulfonamides is 1. The monoisotopic (exact) mass is 468 g/mol. The molecule has 0 bridgehead atoms. The van der Waals surface area contributed by atoms with Gasteiger partial charge in [0.15, 0.2) is 6.61 Å². The van der Waals surface area contributed by atoms with E-state index in [1.807, 2.05) is 12.1 Å². The number of halogens is 1. The van der Waals surface area contributed by atoms with Crippen LogP contribution in [0, 0.1) is 0 Å². The first-order valence-corrected chi connectivity index (χ1v) is 11.1. The molecule has 0 spiro atoms. The van der Waals surface area contributed by atoms with Crippen LogP contribution in [0.4, 0.5) is 5.69 Å². The maximum atomic E-state index is 12.3.